The number of para-hydroxylation sites is 2. The summed E-state index contributed by atoms with van der Waals surface area (Å²) in [6.45, 7) is 0. The van der Waals surface area contributed by atoms with Gasteiger partial charge in [0.15, 0.2) is 17.7 Å². The van der Waals surface area contributed by atoms with Crippen LogP contribution in [-0.4, -0.2) is 14.5 Å². The van der Waals surface area contributed by atoms with Crippen molar-refractivity contribution in [2.24, 2.45) is 0 Å². The number of benzene rings is 2. The van der Waals surface area contributed by atoms with Gasteiger partial charge >= 0.3 is 5.56 Å². The van der Waals surface area contributed by atoms with Gasteiger partial charge in [-0.05, 0) is 24.3 Å². The van der Waals surface area contributed by atoms with E-state index < -0.39 is 11.4 Å². The Hall–Kier alpha value is -3.61. The van der Waals surface area contributed by atoms with Gasteiger partial charge in [0.25, 0.3) is 5.52 Å². The summed E-state index contributed by atoms with van der Waals surface area (Å²) in [5.41, 5.74) is 6.61. The molecule has 0 unspecified atom stereocenters. The smallest absolute Gasteiger partial charge is 0.309 e. The normalized spacial score (nSPS) is 11.0. The van der Waals surface area contributed by atoms with E-state index in [4.69, 9.17) is 5.73 Å². The molecule has 2 heterocycles. The Morgan fingerprint density at radius 2 is 1.54 bits per heavy atom. The molecule has 0 saturated heterocycles. The van der Waals surface area contributed by atoms with Crippen molar-refractivity contribution in [3.63, 3.8) is 0 Å². The van der Waals surface area contributed by atoms with E-state index in [2.05, 4.69) is 5.21 Å². The fourth-order valence-corrected chi connectivity index (χ4v) is 2.65. The van der Waals surface area contributed by atoms with Crippen molar-refractivity contribution in [3.8, 4) is 17.3 Å². The number of hydrogen-bond acceptors (Lipinski definition) is 4. The van der Waals surface area contributed by atoms with E-state index in [1.54, 1.807) is 48.5 Å². The van der Waals surface area contributed by atoms with Crippen LogP contribution in [0.15, 0.2) is 71.7 Å². The molecule has 0 saturated carbocycles. The van der Waals surface area contributed by atoms with Crippen molar-refractivity contribution in [2.45, 2.75) is 0 Å². The van der Waals surface area contributed by atoms with Gasteiger partial charge in [0.05, 0.1) is 5.69 Å². The van der Waals surface area contributed by atoms with Gasteiger partial charge in [-0.1, -0.05) is 40.9 Å². The average molecular weight is 319 g/mol. The van der Waals surface area contributed by atoms with Crippen molar-refractivity contribution >= 4 is 11.3 Å². The van der Waals surface area contributed by atoms with Gasteiger partial charge in [0, 0.05) is 0 Å². The molecule has 2 aromatic heterocycles. The third-order valence-corrected chi connectivity index (χ3v) is 3.74. The predicted molar refractivity (Wildman–Crippen MR) is 86.2 cm³/mol. The highest BCUT2D eigenvalue weighted by Gasteiger charge is 2.21. The summed E-state index contributed by atoms with van der Waals surface area (Å²) in [7, 11) is 0. The van der Waals surface area contributed by atoms with Gasteiger partial charge in [-0.15, -0.1) is 4.68 Å². The molecule has 0 bridgehead atoms. The molecule has 0 fully saturated rings. The first-order valence-corrected chi connectivity index (χ1v) is 7.31. The molecule has 0 aliphatic rings. The van der Waals surface area contributed by atoms with Crippen molar-refractivity contribution in [2.75, 3.05) is 5.73 Å². The molecule has 0 radical (unpaired) electrons. The molecule has 4 aromatic rings. The third kappa shape index (κ3) is 2.03. The Morgan fingerprint density at radius 3 is 2.17 bits per heavy atom. The first-order valence-electron chi connectivity index (χ1n) is 7.31. The zero-order valence-electron chi connectivity index (χ0n) is 12.5. The maximum absolute atomic E-state index is 12.8. The van der Waals surface area contributed by atoms with E-state index in [0.717, 1.165) is 0 Å². The Morgan fingerprint density at radius 1 is 0.958 bits per heavy atom. The first-order chi connectivity index (χ1) is 11.7. The van der Waals surface area contributed by atoms with Crippen LogP contribution in [0.5, 0.6) is 5.88 Å². The highest BCUT2D eigenvalue weighted by atomic mass is 16.3. The molecule has 0 aliphatic heterocycles. The van der Waals surface area contributed by atoms with Gasteiger partial charge in [-0.2, -0.15) is 0 Å². The molecule has 4 rings (SSSR count). The molecule has 2 aromatic carbocycles. The Bertz CT molecular complexity index is 1080. The molecule has 2 N–H and O–H groups in total. The Balaban J connectivity index is 2.04. The standard InChI is InChI=1S/C17H13N5O2/c18-14-11-20-15(16(23)21(14)12-7-3-1-4-8-12)17(24)22(19-20)13-9-5-2-6-10-13/h1-11H,(H2-,18,19,23,24). The molecule has 7 nitrogen and oxygen atoms in total. The van der Waals surface area contributed by atoms with Crippen LogP contribution < -0.4 is 20.9 Å². The number of nitrogens with two attached hydrogens (primary N) is 1. The summed E-state index contributed by atoms with van der Waals surface area (Å²) in [4.78, 5) is 12.8. The average Bonchev–Trinajstić information content (AvgIpc) is 2.93. The summed E-state index contributed by atoms with van der Waals surface area (Å²) >= 11 is 0. The van der Waals surface area contributed by atoms with Gasteiger partial charge in [-0.3, -0.25) is 9.36 Å². The molecule has 118 valence electrons. The molecule has 0 amide bonds. The van der Waals surface area contributed by atoms with Gasteiger partial charge in [-0.25, -0.2) is 0 Å². The van der Waals surface area contributed by atoms with Crippen LogP contribution in [0.1, 0.15) is 0 Å². The number of rotatable bonds is 2. The fraction of sp³-hybridized carbons (Fsp3) is 0. The zero-order chi connectivity index (χ0) is 16.7. The second-order valence-electron chi connectivity index (χ2n) is 5.27. The number of nitrogen functional groups attached to an aromatic ring is 1. The topological polar surface area (TPSA) is 93.0 Å². The minimum atomic E-state index is -0.506. The van der Waals surface area contributed by atoms with Gasteiger partial charge < -0.3 is 10.8 Å². The van der Waals surface area contributed by atoms with E-state index in [1.165, 1.54) is 20.0 Å². The lowest BCUT2D eigenvalue weighted by Crippen LogP contribution is -2.35. The fourth-order valence-electron chi connectivity index (χ4n) is 2.65. The van der Waals surface area contributed by atoms with Crippen molar-refractivity contribution in [1.82, 2.24) is 14.5 Å². The quantitative estimate of drug-likeness (QED) is 0.542. The molecular weight excluding hydrogens is 306 g/mol. The molecule has 0 atom stereocenters. The number of anilines is 1. The zero-order valence-corrected chi connectivity index (χ0v) is 12.5. The largest absolute Gasteiger partial charge is 0.837 e. The minimum absolute atomic E-state index is 0.0584. The van der Waals surface area contributed by atoms with Crippen molar-refractivity contribution < 1.29 is 9.62 Å². The molecular formula is C17H13N5O2. The number of aromatic nitrogens is 4. The Labute approximate surface area is 136 Å². The predicted octanol–water partition coefficient (Wildman–Crippen LogP) is 0.418. The molecule has 0 spiro atoms. The summed E-state index contributed by atoms with van der Waals surface area (Å²) < 4.78 is 3.71. The van der Waals surface area contributed by atoms with E-state index in [9.17, 15) is 9.90 Å². The van der Waals surface area contributed by atoms with E-state index in [-0.39, 0.29) is 11.3 Å². The van der Waals surface area contributed by atoms with E-state index >= 15 is 0 Å². The number of nitrogens with zero attached hydrogens (tertiary/aromatic N) is 4. The molecule has 7 heteroatoms. The summed E-state index contributed by atoms with van der Waals surface area (Å²) in [6.07, 6.45) is 1.46. The SMILES string of the molecule is Nc1c[n+]2nn(-c3ccccc3)c([O-])c2c(=O)n1-c1ccccc1. The van der Waals surface area contributed by atoms with E-state index in [1.807, 2.05) is 12.1 Å². The van der Waals surface area contributed by atoms with Crippen LogP contribution in [0.25, 0.3) is 16.9 Å². The lowest BCUT2D eigenvalue weighted by Gasteiger charge is -2.08. The summed E-state index contributed by atoms with van der Waals surface area (Å²) in [5.74, 6) is -0.294. The van der Waals surface area contributed by atoms with Crippen LogP contribution in [0.4, 0.5) is 5.82 Å². The second kappa shape index (κ2) is 5.24. The number of hydrogen-bond donors (Lipinski definition) is 1. The lowest BCUT2D eigenvalue weighted by molar-refractivity contribution is -0.584. The summed E-state index contributed by atoms with van der Waals surface area (Å²) in [6, 6.07) is 17.8. The Kier molecular flexibility index (Phi) is 3.06. The van der Waals surface area contributed by atoms with E-state index in [0.29, 0.717) is 11.4 Å². The highest BCUT2D eigenvalue weighted by Crippen LogP contribution is 2.16. The minimum Gasteiger partial charge on any atom is -0.837 e. The van der Waals surface area contributed by atoms with Gasteiger partial charge in [0.2, 0.25) is 0 Å². The van der Waals surface area contributed by atoms with Gasteiger partial charge in [0.1, 0.15) is 11.1 Å². The molecule has 0 aliphatic carbocycles. The van der Waals surface area contributed by atoms with Crippen molar-refractivity contribution in [3.05, 3.63) is 77.2 Å². The highest BCUT2D eigenvalue weighted by molar-refractivity contribution is 5.54. The summed E-state index contributed by atoms with van der Waals surface area (Å²) in [5, 5.41) is 16.8. The third-order valence-electron chi connectivity index (χ3n) is 3.74. The van der Waals surface area contributed by atoms with Crippen LogP contribution in [0, 0.1) is 0 Å². The second-order valence-corrected chi connectivity index (χ2v) is 5.27. The van der Waals surface area contributed by atoms with Crippen molar-refractivity contribution in [1.29, 1.82) is 0 Å². The molecule has 24 heavy (non-hydrogen) atoms. The van der Waals surface area contributed by atoms with Crippen LogP contribution in [-0.2, 0) is 0 Å². The van der Waals surface area contributed by atoms with Crippen LogP contribution in [0.2, 0.25) is 0 Å². The maximum Gasteiger partial charge on any atom is 0.309 e. The maximum atomic E-state index is 12.8. The van der Waals surface area contributed by atoms with Crippen LogP contribution in [0.3, 0.4) is 0 Å². The monoisotopic (exact) mass is 319 g/mol. The number of fused-ring (bicyclic) bond motifs is 1. The van der Waals surface area contributed by atoms with Crippen LogP contribution >= 0.6 is 0 Å². The first kappa shape index (κ1) is 14.0. The lowest BCUT2D eigenvalue weighted by atomic mass is 10.3.